The summed E-state index contributed by atoms with van der Waals surface area (Å²) in [5.41, 5.74) is 0. The van der Waals surface area contributed by atoms with E-state index in [-0.39, 0.29) is 12.1 Å². The zero-order valence-electron chi connectivity index (χ0n) is 11.7. The van der Waals surface area contributed by atoms with Gasteiger partial charge in [-0.15, -0.1) is 0 Å². The van der Waals surface area contributed by atoms with Crippen LogP contribution in [-0.4, -0.2) is 18.2 Å². The van der Waals surface area contributed by atoms with Crippen LogP contribution in [0.1, 0.15) is 40.0 Å². The van der Waals surface area contributed by atoms with Crippen molar-refractivity contribution in [3.05, 3.63) is 28.7 Å². The van der Waals surface area contributed by atoms with E-state index >= 15 is 0 Å². The van der Waals surface area contributed by atoms with Gasteiger partial charge >= 0.3 is 5.97 Å². The normalized spacial score (nSPS) is 12.3. The third-order valence-corrected chi connectivity index (χ3v) is 3.06. The summed E-state index contributed by atoms with van der Waals surface area (Å²) in [4.78, 5) is 12.0. The van der Waals surface area contributed by atoms with Crippen LogP contribution in [0, 0.1) is 0 Å². The molecule has 19 heavy (non-hydrogen) atoms. The average Bonchev–Trinajstić information content (AvgIpc) is 2.35. The highest BCUT2D eigenvalue weighted by Gasteiger charge is 2.22. The molecular formula is C15H21BrO3. The zero-order valence-corrected chi connectivity index (χ0v) is 13.3. The summed E-state index contributed by atoms with van der Waals surface area (Å²) in [6.07, 6.45) is 2.00. The first-order valence-electron chi connectivity index (χ1n) is 6.65. The smallest absolute Gasteiger partial charge is 0.347 e. The molecule has 0 N–H and O–H groups in total. The number of hydrogen-bond donors (Lipinski definition) is 0. The standard InChI is InChI=1S/C15H21BrO3/c1-4-5-6-14(15(17)18-11(2)3)19-13-9-7-12(16)8-10-13/h7-11,14H,4-6H2,1-3H3. The van der Waals surface area contributed by atoms with Crippen LogP contribution in [-0.2, 0) is 9.53 Å². The first-order valence-corrected chi connectivity index (χ1v) is 7.45. The van der Waals surface area contributed by atoms with E-state index in [4.69, 9.17) is 9.47 Å². The number of carbonyl (C=O) groups is 1. The van der Waals surface area contributed by atoms with Crippen molar-refractivity contribution in [2.45, 2.75) is 52.2 Å². The molecule has 0 aliphatic heterocycles. The molecule has 3 nitrogen and oxygen atoms in total. The van der Waals surface area contributed by atoms with Crippen LogP contribution < -0.4 is 4.74 Å². The Balaban J connectivity index is 2.67. The number of esters is 1. The van der Waals surface area contributed by atoms with Crippen LogP contribution in [0.5, 0.6) is 5.75 Å². The fourth-order valence-corrected chi connectivity index (χ4v) is 1.86. The molecule has 0 spiro atoms. The maximum Gasteiger partial charge on any atom is 0.347 e. The Morgan fingerprint density at radius 1 is 1.26 bits per heavy atom. The lowest BCUT2D eigenvalue weighted by Crippen LogP contribution is -2.31. The van der Waals surface area contributed by atoms with Gasteiger partial charge in [0.1, 0.15) is 5.75 Å². The van der Waals surface area contributed by atoms with Crippen molar-refractivity contribution >= 4 is 21.9 Å². The number of benzene rings is 1. The summed E-state index contributed by atoms with van der Waals surface area (Å²) in [6, 6.07) is 7.46. The predicted octanol–water partition coefficient (Wildman–Crippen LogP) is 4.34. The van der Waals surface area contributed by atoms with Crippen LogP contribution in [0.2, 0.25) is 0 Å². The molecule has 1 atom stereocenters. The van der Waals surface area contributed by atoms with Crippen LogP contribution >= 0.6 is 15.9 Å². The van der Waals surface area contributed by atoms with Gasteiger partial charge < -0.3 is 9.47 Å². The van der Waals surface area contributed by atoms with E-state index in [0.29, 0.717) is 12.2 Å². The molecule has 0 saturated carbocycles. The van der Waals surface area contributed by atoms with Crippen LogP contribution in [0.3, 0.4) is 0 Å². The van der Waals surface area contributed by atoms with Gasteiger partial charge in [0.05, 0.1) is 6.10 Å². The molecule has 0 radical (unpaired) electrons. The second-order valence-corrected chi connectivity index (χ2v) is 5.60. The molecule has 0 fully saturated rings. The highest BCUT2D eigenvalue weighted by Crippen LogP contribution is 2.19. The molecule has 0 saturated heterocycles. The molecule has 4 heteroatoms. The van der Waals surface area contributed by atoms with Crippen LogP contribution in [0.15, 0.2) is 28.7 Å². The second-order valence-electron chi connectivity index (χ2n) is 4.69. The van der Waals surface area contributed by atoms with Crippen molar-refractivity contribution in [3.8, 4) is 5.75 Å². The molecule has 0 bridgehead atoms. The highest BCUT2D eigenvalue weighted by atomic mass is 79.9. The molecule has 1 aromatic rings. The number of unbranched alkanes of at least 4 members (excludes halogenated alkanes) is 1. The molecule has 0 aliphatic rings. The zero-order chi connectivity index (χ0) is 14.3. The van der Waals surface area contributed by atoms with E-state index in [2.05, 4.69) is 22.9 Å². The molecular weight excluding hydrogens is 308 g/mol. The Morgan fingerprint density at radius 3 is 2.42 bits per heavy atom. The second kappa shape index (κ2) is 8.20. The van der Waals surface area contributed by atoms with E-state index in [1.54, 1.807) is 0 Å². The Hall–Kier alpha value is -1.03. The van der Waals surface area contributed by atoms with Crippen molar-refractivity contribution in [2.24, 2.45) is 0 Å². The Bertz CT molecular complexity index is 387. The molecule has 1 rings (SSSR count). The van der Waals surface area contributed by atoms with Crippen molar-refractivity contribution in [3.63, 3.8) is 0 Å². The van der Waals surface area contributed by atoms with Crippen molar-refractivity contribution in [1.29, 1.82) is 0 Å². The Labute approximate surface area is 123 Å². The molecule has 0 aliphatic carbocycles. The average molecular weight is 329 g/mol. The maximum atomic E-state index is 12.0. The van der Waals surface area contributed by atoms with Gasteiger partial charge in [0.2, 0.25) is 0 Å². The van der Waals surface area contributed by atoms with Gasteiger partial charge in [-0.3, -0.25) is 0 Å². The summed E-state index contributed by atoms with van der Waals surface area (Å²) in [7, 11) is 0. The summed E-state index contributed by atoms with van der Waals surface area (Å²) < 4.78 is 12.0. The van der Waals surface area contributed by atoms with Crippen molar-refractivity contribution < 1.29 is 14.3 Å². The monoisotopic (exact) mass is 328 g/mol. The van der Waals surface area contributed by atoms with Gasteiger partial charge in [0, 0.05) is 4.47 Å². The number of ether oxygens (including phenoxy) is 2. The van der Waals surface area contributed by atoms with E-state index in [1.807, 2.05) is 38.1 Å². The molecule has 0 heterocycles. The van der Waals surface area contributed by atoms with Crippen molar-refractivity contribution in [1.82, 2.24) is 0 Å². The van der Waals surface area contributed by atoms with Gasteiger partial charge in [0.15, 0.2) is 6.10 Å². The number of carbonyl (C=O) groups excluding carboxylic acids is 1. The summed E-state index contributed by atoms with van der Waals surface area (Å²) in [5, 5.41) is 0. The summed E-state index contributed by atoms with van der Waals surface area (Å²) >= 11 is 3.37. The molecule has 0 aromatic heterocycles. The Kier molecular flexibility index (Phi) is 6.92. The largest absolute Gasteiger partial charge is 0.479 e. The lowest BCUT2D eigenvalue weighted by atomic mass is 10.1. The highest BCUT2D eigenvalue weighted by molar-refractivity contribution is 9.10. The third kappa shape index (κ3) is 6.10. The fourth-order valence-electron chi connectivity index (χ4n) is 1.60. The van der Waals surface area contributed by atoms with Gasteiger partial charge in [-0.2, -0.15) is 0 Å². The SMILES string of the molecule is CCCCC(Oc1ccc(Br)cc1)C(=O)OC(C)C. The van der Waals surface area contributed by atoms with E-state index < -0.39 is 6.10 Å². The van der Waals surface area contributed by atoms with Gasteiger partial charge in [-0.25, -0.2) is 4.79 Å². The molecule has 1 aromatic carbocycles. The van der Waals surface area contributed by atoms with E-state index in [1.165, 1.54) is 0 Å². The summed E-state index contributed by atoms with van der Waals surface area (Å²) in [5.74, 6) is 0.399. The lowest BCUT2D eigenvalue weighted by molar-refractivity contribution is -0.156. The minimum atomic E-state index is -0.525. The summed E-state index contributed by atoms with van der Waals surface area (Å²) in [6.45, 7) is 5.77. The van der Waals surface area contributed by atoms with E-state index in [0.717, 1.165) is 17.3 Å². The first-order chi connectivity index (χ1) is 9.02. The number of rotatable bonds is 7. The molecule has 106 valence electrons. The van der Waals surface area contributed by atoms with Gasteiger partial charge in [-0.1, -0.05) is 29.3 Å². The maximum absolute atomic E-state index is 12.0. The quantitative estimate of drug-likeness (QED) is 0.698. The topological polar surface area (TPSA) is 35.5 Å². The third-order valence-electron chi connectivity index (χ3n) is 2.53. The number of halogens is 1. The molecule has 1 unspecified atom stereocenters. The van der Waals surface area contributed by atoms with Gasteiger partial charge in [0.25, 0.3) is 0 Å². The molecule has 0 amide bonds. The minimum Gasteiger partial charge on any atom is -0.479 e. The van der Waals surface area contributed by atoms with E-state index in [9.17, 15) is 4.79 Å². The Morgan fingerprint density at radius 2 is 1.89 bits per heavy atom. The lowest BCUT2D eigenvalue weighted by Gasteiger charge is -2.19. The van der Waals surface area contributed by atoms with Crippen LogP contribution in [0.25, 0.3) is 0 Å². The van der Waals surface area contributed by atoms with Crippen LogP contribution in [0.4, 0.5) is 0 Å². The fraction of sp³-hybridized carbons (Fsp3) is 0.533. The first kappa shape index (κ1) is 16.0. The minimum absolute atomic E-state index is 0.120. The number of hydrogen-bond acceptors (Lipinski definition) is 3. The van der Waals surface area contributed by atoms with Gasteiger partial charge in [-0.05, 0) is 51.0 Å². The van der Waals surface area contributed by atoms with Crippen molar-refractivity contribution in [2.75, 3.05) is 0 Å². The predicted molar refractivity (Wildman–Crippen MR) is 79.3 cm³/mol.